The van der Waals surface area contributed by atoms with Crippen molar-refractivity contribution in [1.82, 2.24) is 25.1 Å². The van der Waals surface area contributed by atoms with E-state index in [1.807, 2.05) is 24.9 Å². The summed E-state index contributed by atoms with van der Waals surface area (Å²) < 4.78 is 62.8. The number of nitriles is 1. The van der Waals surface area contributed by atoms with Gasteiger partial charge in [0.05, 0.1) is 11.5 Å². The summed E-state index contributed by atoms with van der Waals surface area (Å²) in [4.78, 5) is 12.1. The molecule has 0 bridgehead atoms. The van der Waals surface area contributed by atoms with Gasteiger partial charge in [-0.05, 0) is 43.8 Å². The lowest BCUT2D eigenvalue weighted by atomic mass is 9.95. The minimum Gasteiger partial charge on any atom is -0.439 e. The quantitative estimate of drug-likeness (QED) is 0.518. The van der Waals surface area contributed by atoms with Crippen molar-refractivity contribution < 1.29 is 22.3 Å². The summed E-state index contributed by atoms with van der Waals surface area (Å²) in [5.41, 5.74) is 0.861. The Morgan fingerprint density at radius 1 is 1.18 bits per heavy atom. The molecule has 2 N–H and O–H groups in total. The summed E-state index contributed by atoms with van der Waals surface area (Å²) in [5.74, 6) is -0.829. The number of hydrogen-bond acceptors (Lipinski definition) is 8. The van der Waals surface area contributed by atoms with E-state index < -0.39 is 23.8 Å². The van der Waals surface area contributed by atoms with E-state index in [-0.39, 0.29) is 40.8 Å². The summed E-state index contributed by atoms with van der Waals surface area (Å²) in [5, 5.41) is 15.7. The van der Waals surface area contributed by atoms with Gasteiger partial charge in [0.15, 0.2) is 17.6 Å². The molecule has 2 aromatic rings. The van der Waals surface area contributed by atoms with Crippen LogP contribution in [0.25, 0.3) is 0 Å². The molecule has 0 amide bonds. The molecular weight excluding hydrogens is 514 g/mol. The summed E-state index contributed by atoms with van der Waals surface area (Å²) >= 11 is 0. The molecule has 1 saturated heterocycles. The normalized spacial score (nSPS) is 21.7. The van der Waals surface area contributed by atoms with Crippen LogP contribution in [0.4, 0.5) is 29.1 Å². The number of likely N-dealkylation sites (N-methyl/N-ethyl adjacent to an activating group) is 1. The largest absolute Gasteiger partial charge is 0.439 e. The fourth-order valence-corrected chi connectivity index (χ4v) is 4.83. The Kier molecular flexibility index (Phi) is 7.29. The lowest BCUT2D eigenvalue weighted by Crippen LogP contribution is -2.44. The molecule has 2 unspecified atom stereocenters. The lowest BCUT2D eigenvalue weighted by Gasteiger charge is -2.33. The monoisotopic (exact) mass is 541 g/mol. The van der Waals surface area contributed by atoms with Gasteiger partial charge >= 0.3 is 6.18 Å². The molecule has 2 aliphatic heterocycles. The van der Waals surface area contributed by atoms with Crippen LogP contribution in [0.1, 0.15) is 23.6 Å². The molecule has 12 heteroatoms. The number of anilines is 2. The van der Waals surface area contributed by atoms with Gasteiger partial charge in [-0.15, -0.1) is 0 Å². The predicted octanol–water partition coefficient (Wildman–Crippen LogP) is 4.48. The average Bonchev–Trinajstić information content (AvgIpc) is 3.29. The first-order valence-corrected chi connectivity index (χ1v) is 12.4. The average molecular weight is 542 g/mol. The molecule has 1 fully saturated rings. The van der Waals surface area contributed by atoms with E-state index >= 15 is 4.39 Å². The number of rotatable bonds is 6. The second-order valence-corrected chi connectivity index (χ2v) is 9.78. The summed E-state index contributed by atoms with van der Waals surface area (Å²) in [6.45, 7) is 4.96. The van der Waals surface area contributed by atoms with Crippen molar-refractivity contribution in [2.24, 2.45) is 5.92 Å². The number of alkyl halides is 4. The third kappa shape index (κ3) is 5.74. The van der Waals surface area contributed by atoms with Gasteiger partial charge < -0.3 is 20.3 Å². The molecule has 1 aliphatic carbocycles. The van der Waals surface area contributed by atoms with Crippen molar-refractivity contribution in [2.75, 3.05) is 38.5 Å². The number of hydrogen-bond donors (Lipinski definition) is 2. The van der Waals surface area contributed by atoms with Gasteiger partial charge in [-0.25, -0.2) is 14.4 Å². The summed E-state index contributed by atoms with van der Waals surface area (Å²) in [7, 11) is 1.98. The number of allylic oxidation sites excluding steroid dienone is 5. The first-order valence-electron chi connectivity index (χ1n) is 12.4. The number of nitrogens with zero attached hydrogens (tertiary/aromatic N) is 5. The highest BCUT2D eigenvalue weighted by molar-refractivity contribution is 5.66. The minimum absolute atomic E-state index is 0.0368. The van der Waals surface area contributed by atoms with Crippen LogP contribution in [0.2, 0.25) is 0 Å². The van der Waals surface area contributed by atoms with Crippen LogP contribution in [-0.4, -0.2) is 59.2 Å². The van der Waals surface area contributed by atoms with Crippen LogP contribution in [0.3, 0.4) is 0 Å². The topological polar surface area (TPSA) is 89.3 Å². The Labute approximate surface area is 223 Å². The van der Waals surface area contributed by atoms with E-state index in [4.69, 9.17) is 4.74 Å². The van der Waals surface area contributed by atoms with Gasteiger partial charge in [0, 0.05) is 49.8 Å². The zero-order valence-corrected chi connectivity index (χ0v) is 21.4. The molecule has 0 saturated carbocycles. The van der Waals surface area contributed by atoms with Gasteiger partial charge in [0.1, 0.15) is 18.2 Å². The van der Waals surface area contributed by atoms with Crippen molar-refractivity contribution in [1.29, 1.82) is 5.26 Å². The van der Waals surface area contributed by atoms with Crippen molar-refractivity contribution in [2.45, 2.75) is 25.8 Å². The van der Waals surface area contributed by atoms with Crippen LogP contribution in [-0.2, 0) is 12.7 Å². The molecule has 1 aromatic carbocycles. The van der Waals surface area contributed by atoms with E-state index in [2.05, 4.69) is 25.5 Å². The maximum absolute atomic E-state index is 15.2. The SMILES string of the molecule is CC1=CC2C(=CC=C(Oc3ncnc(Nc4ccc(CN5CCN(C)CC5)c(C(F)(F)F)c4)c3C#N)C2F)N1. The highest BCUT2D eigenvalue weighted by Gasteiger charge is 2.36. The number of halogens is 4. The van der Waals surface area contributed by atoms with Crippen molar-refractivity contribution in [3.8, 4) is 11.9 Å². The van der Waals surface area contributed by atoms with Gasteiger partial charge in [0.25, 0.3) is 0 Å². The first kappa shape index (κ1) is 26.6. The zero-order chi connectivity index (χ0) is 27.7. The Bertz CT molecular complexity index is 1390. The van der Waals surface area contributed by atoms with Gasteiger partial charge in [-0.1, -0.05) is 12.1 Å². The molecule has 8 nitrogen and oxygen atoms in total. The molecule has 39 heavy (non-hydrogen) atoms. The Hall–Kier alpha value is -3.95. The van der Waals surface area contributed by atoms with Crippen LogP contribution in [0, 0.1) is 17.2 Å². The highest BCUT2D eigenvalue weighted by Crippen LogP contribution is 2.37. The van der Waals surface area contributed by atoms with E-state index in [1.54, 1.807) is 12.2 Å². The van der Waals surface area contributed by atoms with Gasteiger partial charge in [0.2, 0.25) is 5.88 Å². The molecule has 0 spiro atoms. The Balaban J connectivity index is 1.38. The van der Waals surface area contributed by atoms with Crippen LogP contribution in [0.5, 0.6) is 5.88 Å². The molecule has 1 aromatic heterocycles. The maximum atomic E-state index is 15.2. The number of ether oxygens (including phenoxy) is 1. The Morgan fingerprint density at radius 3 is 2.67 bits per heavy atom. The molecule has 5 rings (SSSR count). The van der Waals surface area contributed by atoms with Crippen LogP contribution >= 0.6 is 0 Å². The van der Waals surface area contributed by atoms with E-state index in [0.29, 0.717) is 18.8 Å². The van der Waals surface area contributed by atoms with Crippen LogP contribution in [0.15, 0.2) is 59.9 Å². The molecular formula is C27H27F4N7O. The number of nitrogens with one attached hydrogen (secondary N) is 2. The van der Waals surface area contributed by atoms with E-state index in [9.17, 15) is 18.4 Å². The molecule has 3 heterocycles. The maximum Gasteiger partial charge on any atom is 0.416 e. The molecule has 0 radical (unpaired) electrons. The minimum atomic E-state index is -4.57. The molecule has 3 aliphatic rings. The number of aromatic nitrogens is 2. The lowest BCUT2D eigenvalue weighted by molar-refractivity contribution is -0.138. The summed E-state index contributed by atoms with van der Waals surface area (Å²) in [6.07, 6.45) is -0.0790. The van der Waals surface area contributed by atoms with Crippen molar-refractivity contribution >= 4 is 11.5 Å². The second kappa shape index (κ2) is 10.7. The smallest absolute Gasteiger partial charge is 0.416 e. The standard InChI is InChI=1S/C27H27F4N7O/c1-16-11-19-22(35-16)5-6-23(24(19)28)39-26-20(13-32)25(33-15-34-26)36-18-4-3-17(21(12-18)27(29,30)31)14-38-9-7-37(2)8-10-38/h3-6,11-12,15,19,24,35H,7-10,14H2,1-2H3,(H,33,34,36). The number of piperazine rings is 1. The third-order valence-corrected chi connectivity index (χ3v) is 6.95. The van der Waals surface area contributed by atoms with Crippen molar-refractivity contribution in [3.63, 3.8) is 0 Å². The van der Waals surface area contributed by atoms with Crippen molar-refractivity contribution in [3.05, 3.63) is 76.6 Å². The number of benzene rings is 1. The zero-order valence-electron chi connectivity index (χ0n) is 21.4. The second-order valence-electron chi connectivity index (χ2n) is 9.78. The van der Waals surface area contributed by atoms with Gasteiger partial charge in [-0.2, -0.15) is 18.4 Å². The summed E-state index contributed by atoms with van der Waals surface area (Å²) in [6, 6.07) is 5.87. The fourth-order valence-electron chi connectivity index (χ4n) is 4.83. The first-order chi connectivity index (χ1) is 18.6. The highest BCUT2D eigenvalue weighted by atomic mass is 19.4. The fraction of sp³-hybridized carbons (Fsp3) is 0.370. The molecule has 204 valence electrons. The number of fused-ring (bicyclic) bond motifs is 1. The predicted molar refractivity (Wildman–Crippen MR) is 136 cm³/mol. The van der Waals surface area contributed by atoms with E-state index in [1.165, 1.54) is 18.2 Å². The van der Waals surface area contributed by atoms with E-state index in [0.717, 1.165) is 31.2 Å². The molecule has 2 atom stereocenters. The Morgan fingerprint density at radius 2 is 1.95 bits per heavy atom. The van der Waals surface area contributed by atoms with Gasteiger partial charge in [-0.3, -0.25) is 4.90 Å². The third-order valence-electron chi connectivity index (χ3n) is 6.95. The van der Waals surface area contributed by atoms with Crippen LogP contribution < -0.4 is 15.4 Å².